The Bertz CT molecular complexity index is 578. The van der Waals surface area contributed by atoms with Gasteiger partial charge in [0.2, 0.25) is 0 Å². The molecule has 1 amide bonds. The zero-order chi connectivity index (χ0) is 13.8. The van der Waals surface area contributed by atoms with Crippen molar-refractivity contribution in [2.75, 3.05) is 11.9 Å². The number of carbonyl (C=O) groups is 1. The van der Waals surface area contributed by atoms with Gasteiger partial charge < -0.3 is 0 Å². The number of hydrogen-bond acceptors (Lipinski definition) is 1. The topological polar surface area (TPSA) is 20.3 Å². The molecule has 19 heavy (non-hydrogen) atoms. The van der Waals surface area contributed by atoms with Gasteiger partial charge in [0.1, 0.15) is 0 Å². The van der Waals surface area contributed by atoms with Gasteiger partial charge in [0.05, 0.1) is 0 Å². The fourth-order valence-corrected chi connectivity index (χ4v) is 3.13. The van der Waals surface area contributed by atoms with Gasteiger partial charge in [-0.3, -0.25) is 0 Å². The van der Waals surface area contributed by atoms with Gasteiger partial charge in [0.25, 0.3) is 0 Å². The fourth-order valence-electron chi connectivity index (χ4n) is 1.89. The minimum absolute atomic E-state index is 0.0585. The van der Waals surface area contributed by atoms with Crippen LogP contribution < -0.4 is 9.36 Å². The molecule has 0 atom stereocenters. The van der Waals surface area contributed by atoms with Gasteiger partial charge in [0, 0.05) is 0 Å². The molecule has 2 rings (SSSR count). The Morgan fingerprint density at radius 2 is 1.68 bits per heavy atom. The molecule has 0 unspecified atom stereocenters. The van der Waals surface area contributed by atoms with Gasteiger partial charge in [-0.2, -0.15) is 0 Å². The Labute approximate surface area is 120 Å². The summed E-state index contributed by atoms with van der Waals surface area (Å²) in [5.74, 6) is 2.19. The van der Waals surface area contributed by atoms with Crippen molar-refractivity contribution >= 4 is 31.0 Å². The van der Waals surface area contributed by atoms with E-state index in [1.807, 2.05) is 62.5 Å². The molecule has 0 aliphatic rings. The molecule has 0 aliphatic heterocycles. The molecule has 0 spiro atoms. The summed E-state index contributed by atoms with van der Waals surface area (Å²) in [4.78, 5) is 14.3. The Hall–Kier alpha value is -1.57. The molecule has 0 heterocycles. The maximum absolute atomic E-state index is 12.5. The molecule has 98 valence electrons. The molecule has 2 aromatic rings. The van der Waals surface area contributed by atoms with Crippen LogP contribution in [0, 0.1) is 6.92 Å². The maximum atomic E-state index is 12.5. The Morgan fingerprint density at radius 1 is 1.05 bits per heavy atom. The molecule has 0 aromatic heterocycles. The van der Waals surface area contributed by atoms with Crippen LogP contribution in [0.1, 0.15) is 15.9 Å². The third kappa shape index (κ3) is 3.06. The van der Waals surface area contributed by atoms with Crippen LogP contribution in [0.2, 0.25) is 5.82 Å². The van der Waals surface area contributed by atoms with Gasteiger partial charge in [-0.15, -0.1) is 0 Å². The SMILES string of the molecule is C[Se]c1ccccc1C(=O)N(C)c1ccc(C)cc1. The van der Waals surface area contributed by atoms with Crippen LogP contribution in [-0.2, 0) is 0 Å². The second kappa shape index (κ2) is 6.05. The fraction of sp³-hybridized carbons (Fsp3) is 0.188. The monoisotopic (exact) mass is 319 g/mol. The van der Waals surface area contributed by atoms with E-state index in [4.69, 9.17) is 0 Å². The summed E-state index contributed by atoms with van der Waals surface area (Å²) in [6.07, 6.45) is 0. The van der Waals surface area contributed by atoms with Crippen LogP contribution in [0.25, 0.3) is 0 Å². The van der Waals surface area contributed by atoms with Crippen molar-refractivity contribution in [2.45, 2.75) is 12.7 Å². The molecule has 0 aliphatic carbocycles. The zero-order valence-electron chi connectivity index (χ0n) is 11.4. The summed E-state index contributed by atoms with van der Waals surface area (Å²) >= 11 is 0.320. The second-order valence-electron chi connectivity index (χ2n) is 4.40. The van der Waals surface area contributed by atoms with Crippen LogP contribution in [-0.4, -0.2) is 27.9 Å². The average Bonchev–Trinajstić information content (AvgIpc) is 2.46. The predicted molar refractivity (Wildman–Crippen MR) is 81.6 cm³/mol. The van der Waals surface area contributed by atoms with E-state index in [0.717, 1.165) is 15.7 Å². The third-order valence-electron chi connectivity index (χ3n) is 3.06. The summed E-state index contributed by atoms with van der Waals surface area (Å²) < 4.78 is 1.15. The van der Waals surface area contributed by atoms with Crippen molar-refractivity contribution in [3.63, 3.8) is 0 Å². The number of hydrogen-bond donors (Lipinski definition) is 0. The van der Waals surface area contributed by atoms with Gasteiger partial charge in [-0.05, 0) is 0 Å². The molecule has 3 heteroatoms. The van der Waals surface area contributed by atoms with Crippen LogP contribution in [0.3, 0.4) is 0 Å². The summed E-state index contributed by atoms with van der Waals surface area (Å²) in [6, 6.07) is 15.9. The number of rotatable bonds is 3. The first-order valence-corrected chi connectivity index (χ1v) is 8.68. The van der Waals surface area contributed by atoms with Crippen molar-refractivity contribution in [3.05, 3.63) is 59.7 Å². The summed E-state index contributed by atoms with van der Waals surface area (Å²) in [5.41, 5.74) is 2.93. The van der Waals surface area contributed by atoms with Crippen molar-refractivity contribution in [1.82, 2.24) is 0 Å². The molecule has 0 fully saturated rings. The van der Waals surface area contributed by atoms with E-state index >= 15 is 0 Å². The molecule has 2 nitrogen and oxygen atoms in total. The first kappa shape index (κ1) is 13.9. The van der Waals surface area contributed by atoms with Crippen molar-refractivity contribution in [1.29, 1.82) is 0 Å². The predicted octanol–water partition coefficient (Wildman–Crippen LogP) is 2.65. The van der Waals surface area contributed by atoms with E-state index < -0.39 is 0 Å². The molecule has 0 bridgehead atoms. The van der Waals surface area contributed by atoms with E-state index in [9.17, 15) is 4.79 Å². The standard InChI is InChI=1S/C16H17NOSe/c1-12-8-10-13(11-9-12)17(2)16(18)14-6-4-5-7-15(14)19-3/h4-11H,1-3H3. The first-order valence-electron chi connectivity index (χ1n) is 6.11. The third-order valence-corrected chi connectivity index (χ3v) is 4.73. The number of benzene rings is 2. The Balaban J connectivity index is 2.30. The van der Waals surface area contributed by atoms with Gasteiger partial charge >= 0.3 is 120 Å². The van der Waals surface area contributed by atoms with E-state index in [1.165, 1.54) is 5.56 Å². The van der Waals surface area contributed by atoms with E-state index in [-0.39, 0.29) is 5.91 Å². The minimum atomic E-state index is 0.0585. The van der Waals surface area contributed by atoms with Crippen molar-refractivity contribution < 1.29 is 4.79 Å². The van der Waals surface area contributed by atoms with E-state index in [0.29, 0.717) is 15.0 Å². The second-order valence-corrected chi connectivity index (χ2v) is 6.18. The molecule has 0 saturated carbocycles. The number of nitrogens with zero attached hydrogens (tertiary/aromatic N) is 1. The molecule has 0 saturated heterocycles. The van der Waals surface area contributed by atoms with Crippen molar-refractivity contribution in [2.24, 2.45) is 0 Å². The number of amides is 1. The van der Waals surface area contributed by atoms with E-state index in [2.05, 4.69) is 5.82 Å². The first-order chi connectivity index (χ1) is 9.13. The summed E-state index contributed by atoms with van der Waals surface area (Å²) in [5, 5.41) is 0. The molecular weight excluding hydrogens is 301 g/mol. The number of aryl methyl sites for hydroxylation is 1. The molecule has 0 N–H and O–H groups in total. The average molecular weight is 318 g/mol. The molecule has 0 radical (unpaired) electrons. The van der Waals surface area contributed by atoms with Crippen molar-refractivity contribution in [3.8, 4) is 0 Å². The van der Waals surface area contributed by atoms with Crippen LogP contribution in [0.15, 0.2) is 48.5 Å². The zero-order valence-corrected chi connectivity index (χ0v) is 13.1. The van der Waals surface area contributed by atoms with Gasteiger partial charge in [0.15, 0.2) is 0 Å². The van der Waals surface area contributed by atoms with Crippen LogP contribution >= 0.6 is 0 Å². The van der Waals surface area contributed by atoms with Crippen LogP contribution in [0.4, 0.5) is 5.69 Å². The van der Waals surface area contributed by atoms with Gasteiger partial charge in [-0.1, -0.05) is 0 Å². The number of carbonyl (C=O) groups excluding carboxylic acids is 1. The number of anilines is 1. The molecular formula is C16H17NOSe. The Morgan fingerprint density at radius 3 is 2.32 bits per heavy atom. The summed E-state index contributed by atoms with van der Waals surface area (Å²) in [6.45, 7) is 2.04. The quantitative estimate of drug-likeness (QED) is 0.797. The molecule has 2 aromatic carbocycles. The summed E-state index contributed by atoms with van der Waals surface area (Å²) in [7, 11) is 1.83. The van der Waals surface area contributed by atoms with Crippen LogP contribution in [0.5, 0.6) is 0 Å². The normalized spacial score (nSPS) is 10.3. The van der Waals surface area contributed by atoms with Gasteiger partial charge in [-0.25, -0.2) is 0 Å². The van der Waals surface area contributed by atoms with E-state index in [1.54, 1.807) is 4.90 Å². The Kier molecular flexibility index (Phi) is 4.41.